The summed E-state index contributed by atoms with van der Waals surface area (Å²) < 4.78 is 13.6. The van der Waals surface area contributed by atoms with Crippen molar-refractivity contribution in [2.24, 2.45) is 0 Å². The third-order valence-electron chi connectivity index (χ3n) is 2.96. The average Bonchev–Trinajstić information content (AvgIpc) is 2.38. The van der Waals surface area contributed by atoms with Crippen LogP contribution in [0.4, 0.5) is 10.1 Å². The fourth-order valence-corrected chi connectivity index (χ4v) is 1.84. The van der Waals surface area contributed by atoms with E-state index in [0.29, 0.717) is 25.2 Å². The van der Waals surface area contributed by atoms with Crippen LogP contribution in [0, 0.1) is 5.82 Å². The smallest absolute Gasteiger partial charge is 0.320 e. The Labute approximate surface area is 113 Å². The summed E-state index contributed by atoms with van der Waals surface area (Å²) in [7, 11) is 1.76. The Kier molecular flexibility index (Phi) is 6.29. The number of anilines is 1. The van der Waals surface area contributed by atoms with E-state index in [4.69, 9.17) is 5.11 Å². The highest BCUT2D eigenvalue weighted by Crippen LogP contribution is 2.17. The highest BCUT2D eigenvalue weighted by molar-refractivity contribution is 5.73. The maximum absolute atomic E-state index is 13.6. The predicted octanol–water partition coefficient (Wildman–Crippen LogP) is 2.10. The summed E-state index contributed by atoms with van der Waals surface area (Å²) in [6.07, 6.45) is 1.31. The van der Waals surface area contributed by atoms with Gasteiger partial charge in [0.15, 0.2) is 0 Å². The van der Waals surface area contributed by atoms with Gasteiger partial charge in [0.2, 0.25) is 0 Å². The second-order valence-electron chi connectivity index (χ2n) is 4.51. The molecule has 0 aromatic heterocycles. The molecule has 1 aromatic carbocycles. The molecule has 19 heavy (non-hydrogen) atoms. The minimum atomic E-state index is -0.865. The Hall–Kier alpha value is -1.62. The summed E-state index contributed by atoms with van der Waals surface area (Å²) in [4.78, 5) is 12.8. The predicted molar refractivity (Wildman–Crippen MR) is 74.0 cm³/mol. The summed E-state index contributed by atoms with van der Waals surface area (Å²) in [6.45, 7) is 3.13. The van der Waals surface area contributed by atoms with Gasteiger partial charge in [-0.1, -0.05) is 19.1 Å². The summed E-state index contributed by atoms with van der Waals surface area (Å²) >= 11 is 0. The second-order valence-corrected chi connectivity index (χ2v) is 4.51. The zero-order chi connectivity index (χ0) is 14.3. The number of para-hydroxylation sites is 1. The van der Waals surface area contributed by atoms with Crippen molar-refractivity contribution < 1.29 is 14.3 Å². The molecular formula is C14H21FN2O2. The van der Waals surface area contributed by atoms with Gasteiger partial charge in [-0.05, 0) is 31.5 Å². The number of hydrogen-bond donors (Lipinski definition) is 2. The molecule has 1 atom stereocenters. The Morgan fingerprint density at radius 2 is 2.16 bits per heavy atom. The lowest BCUT2D eigenvalue weighted by molar-refractivity contribution is -0.139. The molecule has 0 radical (unpaired) electrons. The third kappa shape index (κ3) is 4.87. The van der Waals surface area contributed by atoms with E-state index < -0.39 is 12.0 Å². The molecule has 0 saturated carbocycles. The van der Waals surface area contributed by atoms with Crippen molar-refractivity contribution in [1.29, 1.82) is 0 Å². The van der Waals surface area contributed by atoms with Gasteiger partial charge >= 0.3 is 5.97 Å². The van der Waals surface area contributed by atoms with Gasteiger partial charge in [-0.2, -0.15) is 0 Å². The number of benzene rings is 1. The zero-order valence-corrected chi connectivity index (χ0v) is 11.4. The Bertz CT molecular complexity index is 412. The Balaban J connectivity index is 2.54. The summed E-state index contributed by atoms with van der Waals surface area (Å²) in [5, 5.41) is 12.1. The standard InChI is InChI=1S/C14H21FN2O2/c1-3-9-16-12(14(18)19)8-10-17(2)13-7-5-4-6-11(13)15/h4-7,12,16H,3,8-10H2,1-2H3,(H,18,19). The van der Waals surface area contributed by atoms with Crippen LogP contribution in [0.1, 0.15) is 19.8 Å². The van der Waals surface area contributed by atoms with E-state index >= 15 is 0 Å². The molecule has 1 aromatic rings. The molecule has 0 aliphatic rings. The highest BCUT2D eigenvalue weighted by Gasteiger charge is 2.17. The topological polar surface area (TPSA) is 52.6 Å². The van der Waals surface area contributed by atoms with Gasteiger partial charge in [0, 0.05) is 13.6 Å². The molecular weight excluding hydrogens is 247 g/mol. The normalized spacial score (nSPS) is 12.2. The van der Waals surface area contributed by atoms with Crippen LogP contribution in [0.2, 0.25) is 0 Å². The minimum Gasteiger partial charge on any atom is -0.480 e. The van der Waals surface area contributed by atoms with Gasteiger partial charge in [-0.25, -0.2) is 4.39 Å². The number of carboxylic acid groups (broad SMARTS) is 1. The van der Waals surface area contributed by atoms with E-state index in [1.165, 1.54) is 6.07 Å². The maximum Gasteiger partial charge on any atom is 0.320 e. The lowest BCUT2D eigenvalue weighted by Crippen LogP contribution is -2.39. The van der Waals surface area contributed by atoms with Crippen LogP contribution < -0.4 is 10.2 Å². The van der Waals surface area contributed by atoms with Crippen molar-refractivity contribution in [3.63, 3.8) is 0 Å². The van der Waals surface area contributed by atoms with Crippen LogP contribution >= 0.6 is 0 Å². The highest BCUT2D eigenvalue weighted by atomic mass is 19.1. The zero-order valence-electron chi connectivity index (χ0n) is 11.4. The van der Waals surface area contributed by atoms with Crippen LogP contribution in [-0.4, -0.2) is 37.3 Å². The van der Waals surface area contributed by atoms with Crippen molar-refractivity contribution in [3.05, 3.63) is 30.1 Å². The van der Waals surface area contributed by atoms with Gasteiger partial charge in [0.25, 0.3) is 0 Å². The summed E-state index contributed by atoms with van der Waals surface area (Å²) in [5.41, 5.74) is 0.488. The van der Waals surface area contributed by atoms with Crippen LogP contribution in [-0.2, 0) is 4.79 Å². The number of aliphatic carboxylic acids is 1. The van der Waals surface area contributed by atoms with Gasteiger partial charge in [0.1, 0.15) is 11.9 Å². The largest absolute Gasteiger partial charge is 0.480 e. The number of halogens is 1. The first kappa shape index (κ1) is 15.4. The molecule has 4 nitrogen and oxygen atoms in total. The SMILES string of the molecule is CCCNC(CCN(C)c1ccccc1F)C(=O)O. The summed E-state index contributed by atoms with van der Waals surface area (Å²) in [6, 6.07) is 5.89. The molecule has 0 aliphatic carbocycles. The second kappa shape index (κ2) is 7.74. The van der Waals surface area contributed by atoms with Crippen LogP contribution in [0.3, 0.4) is 0 Å². The fraction of sp³-hybridized carbons (Fsp3) is 0.500. The van der Waals surface area contributed by atoms with Crippen LogP contribution in [0.5, 0.6) is 0 Å². The molecule has 0 spiro atoms. The molecule has 5 heteroatoms. The lowest BCUT2D eigenvalue weighted by Gasteiger charge is -2.22. The van der Waals surface area contributed by atoms with E-state index in [1.807, 2.05) is 6.92 Å². The third-order valence-corrected chi connectivity index (χ3v) is 2.96. The number of nitrogens with zero attached hydrogens (tertiary/aromatic N) is 1. The first-order chi connectivity index (χ1) is 9.06. The fourth-order valence-electron chi connectivity index (χ4n) is 1.84. The minimum absolute atomic E-state index is 0.293. The number of carbonyl (C=O) groups is 1. The molecule has 0 aliphatic heterocycles. The van der Waals surface area contributed by atoms with Crippen LogP contribution in [0.15, 0.2) is 24.3 Å². The average molecular weight is 268 g/mol. The summed E-state index contributed by atoms with van der Waals surface area (Å²) in [5.74, 6) is -1.16. The first-order valence-corrected chi connectivity index (χ1v) is 6.48. The molecule has 2 N–H and O–H groups in total. The van der Waals surface area contributed by atoms with Gasteiger partial charge in [-0.3, -0.25) is 4.79 Å². The van der Waals surface area contributed by atoms with Crippen molar-refractivity contribution in [2.45, 2.75) is 25.8 Å². The number of rotatable bonds is 8. The van der Waals surface area contributed by atoms with E-state index in [2.05, 4.69) is 5.32 Å². The van der Waals surface area contributed by atoms with Gasteiger partial charge in [0.05, 0.1) is 5.69 Å². The van der Waals surface area contributed by atoms with Crippen LogP contribution in [0.25, 0.3) is 0 Å². The molecule has 0 bridgehead atoms. The number of hydrogen-bond acceptors (Lipinski definition) is 3. The van der Waals surface area contributed by atoms with E-state index in [9.17, 15) is 9.18 Å². The molecule has 0 amide bonds. The van der Waals surface area contributed by atoms with Gasteiger partial charge < -0.3 is 15.3 Å². The molecule has 0 fully saturated rings. The van der Waals surface area contributed by atoms with Crippen molar-refractivity contribution >= 4 is 11.7 Å². The Morgan fingerprint density at radius 1 is 1.47 bits per heavy atom. The molecule has 1 rings (SSSR count). The molecule has 1 unspecified atom stereocenters. The Morgan fingerprint density at radius 3 is 2.74 bits per heavy atom. The van der Waals surface area contributed by atoms with E-state index in [0.717, 1.165) is 6.42 Å². The van der Waals surface area contributed by atoms with E-state index in [1.54, 1.807) is 30.1 Å². The molecule has 0 saturated heterocycles. The molecule has 106 valence electrons. The van der Waals surface area contributed by atoms with Crippen molar-refractivity contribution in [2.75, 3.05) is 25.0 Å². The quantitative estimate of drug-likeness (QED) is 0.758. The van der Waals surface area contributed by atoms with Crippen molar-refractivity contribution in [1.82, 2.24) is 5.32 Å². The van der Waals surface area contributed by atoms with Crippen molar-refractivity contribution in [3.8, 4) is 0 Å². The monoisotopic (exact) mass is 268 g/mol. The maximum atomic E-state index is 13.6. The first-order valence-electron chi connectivity index (χ1n) is 6.48. The molecule has 0 heterocycles. The number of carboxylic acids is 1. The van der Waals surface area contributed by atoms with E-state index in [-0.39, 0.29) is 5.82 Å². The van der Waals surface area contributed by atoms with Gasteiger partial charge in [-0.15, -0.1) is 0 Å². The number of nitrogens with one attached hydrogen (secondary N) is 1. The lowest BCUT2D eigenvalue weighted by atomic mass is 10.2.